The highest BCUT2D eigenvalue weighted by Crippen LogP contribution is 2.10. The Morgan fingerprint density at radius 2 is 1.76 bits per heavy atom. The zero-order valence-electron chi connectivity index (χ0n) is 18.5. The second kappa shape index (κ2) is 13.2. The molecule has 1 aliphatic rings. The number of hydrogen-bond donors (Lipinski definition) is 2. The van der Waals surface area contributed by atoms with E-state index in [0.29, 0.717) is 12.1 Å². The average Bonchev–Trinajstić information content (AvgIpc) is 2.74. The summed E-state index contributed by atoms with van der Waals surface area (Å²) in [6.07, 6.45) is 7.86. The van der Waals surface area contributed by atoms with Crippen LogP contribution in [0.3, 0.4) is 0 Å². The number of rotatable bonds is 10. The van der Waals surface area contributed by atoms with E-state index < -0.39 is 0 Å². The number of hydrogen-bond acceptors (Lipinski definition) is 3. The first kappa shape index (κ1) is 23.2. The molecule has 1 aromatic carbocycles. The number of amides is 1. The number of aliphatic imine (C=N–C) groups is 1. The minimum Gasteiger partial charge on any atom is -0.357 e. The molecule has 1 heterocycles. The molecule has 1 saturated heterocycles. The number of piperidine rings is 1. The molecule has 1 aliphatic heterocycles. The molecule has 1 aromatic rings. The van der Waals surface area contributed by atoms with Gasteiger partial charge in [0, 0.05) is 32.7 Å². The molecule has 0 aliphatic carbocycles. The molecule has 0 spiro atoms. The molecule has 0 aromatic heterocycles. The third-order valence-electron chi connectivity index (χ3n) is 5.26. The van der Waals surface area contributed by atoms with Gasteiger partial charge >= 0.3 is 0 Å². The SMILES string of the molecule is CCNC(=NCc1ccc(C(=O)N(C)C)cc1)NCCCCCN1CCCCC1. The third kappa shape index (κ3) is 8.86. The van der Waals surface area contributed by atoms with E-state index in [-0.39, 0.29) is 5.91 Å². The molecule has 0 unspecified atom stereocenters. The van der Waals surface area contributed by atoms with Gasteiger partial charge in [-0.25, -0.2) is 4.99 Å². The zero-order chi connectivity index (χ0) is 20.9. The first-order chi connectivity index (χ1) is 14.1. The Hall–Kier alpha value is -2.08. The molecule has 0 bridgehead atoms. The fourth-order valence-electron chi connectivity index (χ4n) is 3.55. The minimum atomic E-state index is 0.0235. The van der Waals surface area contributed by atoms with E-state index in [2.05, 4.69) is 27.4 Å². The predicted octanol–water partition coefficient (Wildman–Crippen LogP) is 3.10. The van der Waals surface area contributed by atoms with E-state index in [1.807, 2.05) is 24.3 Å². The first-order valence-electron chi connectivity index (χ1n) is 11.1. The molecule has 1 fully saturated rings. The van der Waals surface area contributed by atoms with Gasteiger partial charge < -0.3 is 20.4 Å². The van der Waals surface area contributed by atoms with Gasteiger partial charge in [0.25, 0.3) is 5.91 Å². The normalized spacial score (nSPS) is 15.2. The Morgan fingerprint density at radius 1 is 1.03 bits per heavy atom. The lowest BCUT2D eigenvalue weighted by atomic mass is 10.1. The standard InChI is InChI=1S/C23H39N5O/c1-4-24-23(25-15-7-5-8-16-28-17-9-6-10-18-28)26-19-20-11-13-21(14-12-20)22(29)27(2)3/h11-14H,4-10,15-19H2,1-3H3,(H2,24,25,26). The van der Waals surface area contributed by atoms with E-state index in [0.717, 1.165) is 24.6 Å². The topological polar surface area (TPSA) is 60.0 Å². The molecule has 6 heteroatoms. The van der Waals surface area contributed by atoms with Gasteiger partial charge in [-0.15, -0.1) is 0 Å². The lowest BCUT2D eigenvalue weighted by Crippen LogP contribution is -2.37. The van der Waals surface area contributed by atoms with Gasteiger partial charge in [-0.2, -0.15) is 0 Å². The summed E-state index contributed by atoms with van der Waals surface area (Å²) in [6.45, 7) is 8.30. The van der Waals surface area contributed by atoms with Gasteiger partial charge in [0.15, 0.2) is 5.96 Å². The van der Waals surface area contributed by atoms with Crippen LogP contribution in [-0.2, 0) is 6.54 Å². The number of carbonyl (C=O) groups excluding carboxylic acids is 1. The Bertz CT molecular complexity index is 621. The van der Waals surface area contributed by atoms with Crippen molar-refractivity contribution in [3.8, 4) is 0 Å². The molecule has 0 atom stereocenters. The molecule has 2 N–H and O–H groups in total. The number of benzene rings is 1. The highest BCUT2D eigenvalue weighted by molar-refractivity contribution is 5.93. The van der Waals surface area contributed by atoms with Gasteiger partial charge in [0.1, 0.15) is 0 Å². The van der Waals surface area contributed by atoms with Crippen LogP contribution >= 0.6 is 0 Å². The van der Waals surface area contributed by atoms with Crippen LogP contribution in [0.5, 0.6) is 0 Å². The van der Waals surface area contributed by atoms with Gasteiger partial charge in [-0.3, -0.25) is 4.79 Å². The van der Waals surface area contributed by atoms with Crippen LogP contribution in [0, 0.1) is 0 Å². The van der Waals surface area contributed by atoms with E-state index in [1.165, 1.54) is 58.2 Å². The quantitative estimate of drug-likeness (QED) is 0.359. The molecular weight excluding hydrogens is 362 g/mol. The van der Waals surface area contributed by atoms with E-state index >= 15 is 0 Å². The summed E-state index contributed by atoms with van der Waals surface area (Å²) in [7, 11) is 3.53. The van der Waals surface area contributed by atoms with Crippen molar-refractivity contribution in [1.29, 1.82) is 0 Å². The van der Waals surface area contributed by atoms with Crippen LogP contribution < -0.4 is 10.6 Å². The summed E-state index contributed by atoms with van der Waals surface area (Å²) in [4.78, 5) is 20.8. The second-order valence-corrected chi connectivity index (χ2v) is 7.98. The largest absolute Gasteiger partial charge is 0.357 e. The number of likely N-dealkylation sites (tertiary alicyclic amines) is 1. The Balaban J connectivity index is 1.69. The average molecular weight is 402 g/mol. The van der Waals surface area contributed by atoms with Crippen molar-refractivity contribution in [2.45, 2.75) is 52.0 Å². The minimum absolute atomic E-state index is 0.0235. The maximum absolute atomic E-state index is 12.0. The molecule has 2 rings (SSSR count). The van der Waals surface area contributed by atoms with Gasteiger partial charge in [-0.1, -0.05) is 25.0 Å². The van der Waals surface area contributed by atoms with Crippen molar-refractivity contribution >= 4 is 11.9 Å². The number of nitrogens with zero attached hydrogens (tertiary/aromatic N) is 3. The van der Waals surface area contributed by atoms with Crippen LogP contribution in [0.4, 0.5) is 0 Å². The maximum Gasteiger partial charge on any atom is 0.253 e. The number of guanidine groups is 1. The maximum atomic E-state index is 12.0. The lowest BCUT2D eigenvalue weighted by Gasteiger charge is -2.26. The summed E-state index contributed by atoms with van der Waals surface area (Å²) < 4.78 is 0. The molecule has 0 radical (unpaired) electrons. The second-order valence-electron chi connectivity index (χ2n) is 7.98. The predicted molar refractivity (Wildman–Crippen MR) is 121 cm³/mol. The zero-order valence-corrected chi connectivity index (χ0v) is 18.5. The van der Waals surface area contributed by atoms with Gasteiger partial charge in [0.05, 0.1) is 6.54 Å². The van der Waals surface area contributed by atoms with Crippen LogP contribution in [0.25, 0.3) is 0 Å². The molecule has 6 nitrogen and oxygen atoms in total. The molecular formula is C23H39N5O. The Morgan fingerprint density at radius 3 is 2.41 bits per heavy atom. The van der Waals surface area contributed by atoms with Crippen molar-refractivity contribution in [2.24, 2.45) is 4.99 Å². The van der Waals surface area contributed by atoms with Crippen LogP contribution in [0.15, 0.2) is 29.3 Å². The number of unbranched alkanes of at least 4 members (excludes halogenated alkanes) is 2. The lowest BCUT2D eigenvalue weighted by molar-refractivity contribution is 0.0827. The summed E-state index contributed by atoms with van der Waals surface area (Å²) >= 11 is 0. The summed E-state index contributed by atoms with van der Waals surface area (Å²) in [5.74, 6) is 0.882. The van der Waals surface area contributed by atoms with Crippen molar-refractivity contribution < 1.29 is 4.79 Å². The fraction of sp³-hybridized carbons (Fsp3) is 0.652. The summed E-state index contributed by atoms with van der Waals surface area (Å²) in [5.41, 5.74) is 1.80. The van der Waals surface area contributed by atoms with Gasteiger partial charge in [0.2, 0.25) is 0 Å². The Labute approximate surface area is 176 Å². The van der Waals surface area contributed by atoms with Crippen molar-refractivity contribution in [2.75, 3.05) is 46.8 Å². The summed E-state index contributed by atoms with van der Waals surface area (Å²) in [6, 6.07) is 7.69. The highest BCUT2D eigenvalue weighted by Gasteiger charge is 2.09. The molecule has 162 valence electrons. The monoisotopic (exact) mass is 401 g/mol. The van der Waals surface area contributed by atoms with Crippen molar-refractivity contribution in [3.63, 3.8) is 0 Å². The smallest absolute Gasteiger partial charge is 0.253 e. The summed E-state index contributed by atoms with van der Waals surface area (Å²) in [5, 5.41) is 6.75. The molecule has 1 amide bonds. The van der Waals surface area contributed by atoms with Crippen LogP contribution in [-0.4, -0.2) is 68.5 Å². The first-order valence-corrected chi connectivity index (χ1v) is 11.1. The van der Waals surface area contributed by atoms with Gasteiger partial charge in [-0.05, 0) is 69.9 Å². The number of carbonyl (C=O) groups is 1. The molecule has 0 saturated carbocycles. The van der Waals surface area contributed by atoms with E-state index in [1.54, 1.807) is 19.0 Å². The van der Waals surface area contributed by atoms with Crippen molar-refractivity contribution in [1.82, 2.24) is 20.4 Å². The van der Waals surface area contributed by atoms with Crippen molar-refractivity contribution in [3.05, 3.63) is 35.4 Å². The van der Waals surface area contributed by atoms with Crippen LogP contribution in [0.1, 0.15) is 61.4 Å². The van der Waals surface area contributed by atoms with E-state index in [4.69, 9.17) is 0 Å². The fourth-order valence-corrected chi connectivity index (χ4v) is 3.55. The Kier molecular flexibility index (Phi) is 10.6. The third-order valence-corrected chi connectivity index (χ3v) is 5.26. The number of nitrogens with one attached hydrogen (secondary N) is 2. The molecule has 29 heavy (non-hydrogen) atoms. The van der Waals surface area contributed by atoms with E-state index in [9.17, 15) is 4.79 Å². The highest BCUT2D eigenvalue weighted by atomic mass is 16.2. The van der Waals surface area contributed by atoms with Crippen LogP contribution in [0.2, 0.25) is 0 Å².